The molecule has 2 rings (SSSR count). The van der Waals surface area contributed by atoms with Gasteiger partial charge < -0.3 is 10.2 Å². The van der Waals surface area contributed by atoms with Gasteiger partial charge in [-0.05, 0) is 38.8 Å². The maximum absolute atomic E-state index is 11.9. The van der Waals surface area contributed by atoms with E-state index in [0.29, 0.717) is 23.7 Å². The van der Waals surface area contributed by atoms with Crippen molar-refractivity contribution in [1.29, 1.82) is 0 Å². The van der Waals surface area contributed by atoms with Crippen LogP contribution in [0.3, 0.4) is 0 Å². The molecule has 1 N–H and O–H groups in total. The van der Waals surface area contributed by atoms with Crippen LogP contribution in [-0.2, 0) is 4.79 Å². The highest BCUT2D eigenvalue weighted by Crippen LogP contribution is 2.49. The number of carbonyl (C=O) groups is 1. The van der Waals surface area contributed by atoms with E-state index >= 15 is 0 Å². The van der Waals surface area contributed by atoms with Gasteiger partial charge in [-0.3, -0.25) is 4.79 Å². The lowest BCUT2D eigenvalue weighted by Gasteiger charge is -2.19. The van der Waals surface area contributed by atoms with Crippen LogP contribution < -0.4 is 5.32 Å². The number of hydrogen-bond acceptors (Lipinski definition) is 2. The van der Waals surface area contributed by atoms with Gasteiger partial charge in [0, 0.05) is 19.0 Å². The standard InChI is InChI=1S/C10H18N2O/c1-3-12(4-2)10(13)9-7-5-11-6-8(7)9/h7-9,11H,3-6H2,1-2H3/t7-,8+,9?. The molecule has 1 saturated carbocycles. The lowest BCUT2D eigenvalue weighted by Crippen LogP contribution is -2.34. The predicted octanol–water partition coefficient (Wildman–Crippen LogP) is 0.320. The second kappa shape index (κ2) is 3.29. The zero-order valence-corrected chi connectivity index (χ0v) is 8.42. The van der Waals surface area contributed by atoms with Gasteiger partial charge in [-0.1, -0.05) is 0 Å². The Bertz CT molecular complexity index is 203. The Kier molecular flexibility index (Phi) is 2.28. The molecule has 3 nitrogen and oxygen atoms in total. The highest BCUT2D eigenvalue weighted by Gasteiger charge is 2.57. The van der Waals surface area contributed by atoms with E-state index in [4.69, 9.17) is 0 Å². The second-order valence-corrected chi connectivity index (χ2v) is 4.02. The summed E-state index contributed by atoms with van der Waals surface area (Å²) < 4.78 is 0. The van der Waals surface area contributed by atoms with Gasteiger partial charge in [0.2, 0.25) is 5.91 Å². The third-order valence-electron chi connectivity index (χ3n) is 3.45. The van der Waals surface area contributed by atoms with E-state index in [1.54, 1.807) is 0 Å². The first kappa shape index (κ1) is 9.00. The minimum atomic E-state index is 0.362. The van der Waals surface area contributed by atoms with E-state index in [-0.39, 0.29) is 0 Å². The Morgan fingerprint density at radius 2 is 1.85 bits per heavy atom. The van der Waals surface area contributed by atoms with Gasteiger partial charge in [-0.25, -0.2) is 0 Å². The Hall–Kier alpha value is -0.570. The number of amides is 1. The molecule has 1 aliphatic heterocycles. The summed E-state index contributed by atoms with van der Waals surface area (Å²) in [4.78, 5) is 13.8. The van der Waals surface area contributed by atoms with E-state index in [2.05, 4.69) is 19.2 Å². The molecule has 13 heavy (non-hydrogen) atoms. The van der Waals surface area contributed by atoms with Gasteiger partial charge in [0.15, 0.2) is 0 Å². The largest absolute Gasteiger partial charge is 0.343 e. The zero-order valence-electron chi connectivity index (χ0n) is 8.42. The average molecular weight is 182 g/mol. The molecule has 2 fully saturated rings. The van der Waals surface area contributed by atoms with Crippen LogP contribution in [0.5, 0.6) is 0 Å². The van der Waals surface area contributed by atoms with Gasteiger partial charge in [0.05, 0.1) is 0 Å². The zero-order chi connectivity index (χ0) is 9.42. The molecular weight excluding hydrogens is 164 g/mol. The molecule has 0 bridgehead atoms. The van der Waals surface area contributed by atoms with Crippen LogP contribution in [0, 0.1) is 17.8 Å². The fourth-order valence-corrected chi connectivity index (χ4v) is 2.53. The van der Waals surface area contributed by atoms with E-state index in [1.807, 2.05) is 4.90 Å². The Morgan fingerprint density at radius 1 is 1.31 bits per heavy atom. The smallest absolute Gasteiger partial charge is 0.226 e. The molecule has 1 saturated heterocycles. The lowest BCUT2D eigenvalue weighted by atomic mass is 10.2. The highest BCUT2D eigenvalue weighted by molar-refractivity contribution is 5.82. The van der Waals surface area contributed by atoms with Crippen molar-refractivity contribution in [1.82, 2.24) is 10.2 Å². The van der Waals surface area contributed by atoms with Crippen LogP contribution in [0.1, 0.15) is 13.8 Å². The van der Waals surface area contributed by atoms with Crippen LogP contribution >= 0.6 is 0 Å². The van der Waals surface area contributed by atoms with Gasteiger partial charge in [0.25, 0.3) is 0 Å². The van der Waals surface area contributed by atoms with Crippen molar-refractivity contribution in [3.63, 3.8) is 0 Å². The molecule has 1 aliphatic carbocycles. The maximum atomic E-state index is 11.9. The quantitative estimate of drug-likeness (QED) is 0.682. The Morgan fingerprint density at radius 3 is 2.31 bits per heavy atom. The van der Waals surface area contributed by atoms with Crippen molar-refractivity contribution < 1.29 is 4.79 Å². The number of nitrogens with one attached hydrogen (secondary N) is 1. The monoisotopic (exact) mass is 182 g/mol. The molecule has 3 heteroatoms. The molecular formula is C10H18N2O. The van der Waals surface area contributed by atoms with E-state index in [0.717, 1.165) is 26.2 Å². The molecule has 0 spiro atoms. The predicted molar refractivity (Wildman–Crippen MR) is 51.3 cm³/mol. The normalized spacial score (nSPS) is 35.7. The van der Waals surface area contributed by atoms with Crippen LogP contribution in [0.4, 0.5) is 0 Å². The summed E-state index contributed by atoms with van der Waals surface area (Å²) in [6.45, 7) is 7.94. The molecule has 0 radical (unpaired) electrons. The van der Waals surface area contributed by atoms with Crippen molar-refractivity contribution in [3.8, 4) is 0 Å². The fraction of sp³-hybridized carbons (Fsp3) is 0.900. The van der Waals surface area contributed by atoms with Gasteiger partial charge in [-0.15, -0.1) is 0 Å². The second-order valence-electron chi connectivity index (χ2n) is 4.02. The first-order chi connectivity index (χ1) is 6.29. The highest BCUT2D eigenvalue weighted by atomic mass is 16.2. The molecule has 1 heterocycles. The number of nitrogens with zero attached hydrogens (tertiary/aromatic N) is 1. The third kappa shape index (κ3) is 1.35. The van der Waals surface area contributed by atoms with Crippen LogP contribution in [0.15, 0.2) is 0 Å². The van der Waals surface area contributed by atoms with Crippen molar-refractivity contribution in [2.45, 2.75) is 13.8 Å². The van der Waals surface area contributed by atoms with Gasteiger partial charge >= 0.3 is 0 Å². The first-order valence-electron chi connectivity index (χ1n) is 5.29. The van der Waals surface area contributed by atoms with Crippen molar-refractivity contribution in [2.24, 2.45) is 17.8 Å². The van der Waals surface area contributed by atoms with Crippen LogP contribution in [-0.4, -0.2) is 37.0 Å². The lowest BCUT2D eigenvalue weighted by molar-refractivity contribution is -0.132. The minimum absolute atomic E-state index is 0.362. The summed E-state index contributed by atoms with van der Waals surface area (Å²) in [7, 11) is 0. The van der Waals surface area contributed by atoms with Crippen molar-refractivity contribution in [2.75, 3.05) is 26.2 Å². The summed E-state index contributed by atoms with van der Waals surface area (Å²) in [5.41, 5.74) is 0. The molecule has 0 aromatic rings. The molecule has 2 aliphatic rings. The number of hydrogen-bond donors (Lipinski definition) is 1. The molecule has 74 valence electrons. The van der Waals surface area contributed by atoms with Gasteiger partial charge in [-0.2, -0.15) is 0 Å². The van der Waals surface area contributed by atoms with Crippen molar-refractivity contribution >= 4 is 5.91 Å². The molecule has 1 amide bonds. The number of rotatable bonds is 3. The summed E-state index contributed by atoms with van der Waals surface area (Å²) in [6, 6.07) is 0. The van der Waals surface area contributed by atoms with E-state index in [1.165, 1.54) is 0 Å². The van der Waals surface area contributed by atoms with E-state index < -0.39 is 0 Å². The van der Waals surface area contributed by atoms with Gasteiger partial charge in [0.1, 0.15) is 0 Å². The molecule has 3 atom stereocenters. The minimum Gasteiger partial charge on any atom is -0.343 e. The molecule has 0 aromatic carbocycles. The summed E-state index contributed by atoms with van der Waals surface area (Å²) in [5, 5.41) is 3.31. The summed E-state index contributed by atoms with van der Waals surface area (Å²) >= 11 is 0. The Balaban J connectivity index is 1.91. The molecule has 0 aromatic heterocycles. The fourth-order valence-electron chi connectivity index (χ4n) is 2.53. The SMILES string of the molecule is CCN(CC)C(=O)C1[C@H]2CNC[C@@H]12. The topological polar surface area (TPSA) is 32.3 Å². The van der Waals surface area contributed by atoms with Crippen LogP contribution in [0.2, 0.25) is 0 Å². The van der Waals surface area contributed by atoms with Crippen LogP contribution in [0.25, 0.3) is 0 Å². The van der Waals surface area contributed by atoms with Crippen molar-refractivity contribution in [3.05, 3.63) is 0 Å². The third-order valence-corrected chi connectivity index (χ3v) is 3.45. The average Bonchev–Trinajstić information content (AvgIpc) is 2.62. The summed E-state index contributed by atoms with van der Waals surface area (Å²) in [5.74, 6) is 2.07. The Labute approximate surface area is 79.5 Å². The maximum Gasteiger partial charge on any atom is 0.226 e. The number of carbonyl (C=O) groups excluding carboxylic acids is 1. The number of fused-ring (bicyclic) bond motifs is 1. The summed E-state index contributed by atoms with van der Waals surface area (Å²) in [6.07, 6.45) is 0. The first-order valence-corrected chi connectivity index (χ1v) is 5.29. The number of piperidine rings is 1. The van der Waals surface area contributed by atoms with E-state index in [9.17, 15) is 4.79 Å². The molecule has 1 unspecified atom stereocenters.